The summed E-state index contributed by atoms with van der Waals surface area (Å²) in [4.78, 5) is 53.5. The quantitative estimate of drug-likeness (QED) is 0.0913. The predicted molar refractivity (Wildman–Crippen MR) is 185 cm³/mol. The van der Waals surface area contributed by atoms with Crippen molar-refractivity contribution in [2.75, 3.05) is 25.0 Å². The van der Waals surface area contributed by atoms with Gasteiger partial charge in [0.15, 0.2) is 5.41 Å². The number of carbonyl (C=O) groups is 4. The number of nitrogens with one attached hydrogen (secondary N) is 3. The Balaban J connectivity index is 1.45. The Bertz CT molecular complexity index is 1760. The molecular formula is C39H40F3N3O5. The van der Waals surface area contributed by atoms with Gasteiger partial charge < -0.3 is 20.7 Å². The zero-order valence-electron chi connectivity index (χ0n) is 27.9. The van der Waals surface area contributed by atoms with Gasteiger partial charge in [0.25, 0.3) is 5.91 Å². The maximum atomic E-state index is 13.6. The summed E-state index contributed by atoms with van der Waals surface area (Å²) in [7, 11) is 0. The highest BCUT2D eigenvalue weighted by molar-refractivity contribution is 6.11. The van der Waals surface area contributed by atoms with Crippen molar-refractivity contribution in [3.05, 3.63) is 125 Å². The fourth-order valence-corrected chi connectivity index (χ4v) is 5.50. The van der Waals surface area contributed by atoms with Crippen LogP contribution in [0, 0.1) is 0 Å². The van der Waals surface area contributed by atoms with Gasteiger partial charge in [0, 0.05) is 30.8 Å². The van der Waals surface area contributed by atoms with E-state index in [9.17, 15) is 32.3 Å². The third-order valence-electron chi connectivity index (χ3n) is 8.08. The molecule has 11 heteroatoms. The minimum Gasteiger partial charge on any atom is -0.465 e. The first-order valence-corrected chi connectivity index (χ1v) is 16.4. The van der Waals surface area contributed by atoms with Crippen LogP contribution in [0.15, 0.2) is 103 Å². The van der Waals surface area contributed by atoms with Crippen LogP contribution in [0.3, 0.4) is 0 Å². The van der Waals surface area contributed by atoms with E-state index >= 15 is 0 Å². The van der Waals surface area contributed by atoms with Crippen molar-refractivity contribution in [3.63, 3.8) is 0 Å². The van der Waals surface area contributed by atoms with E-state index in [1.807, 2.05) is 13.8 Å². The molecule has 0 heterocycles. The summed E-state index contributed by atoms with van der Waals surface area (Å²) >= 11 is 0. The van der Waals surface area contributed by atoms with Crippen LogP contribution in [0.4, 0.5) is 18.9 Å². The molecule has 0 spiro atoms. The number of carbonyl (C=O) groups excluding carboxylic acids is 4. The molecule has 262 valence electrons. The molecule has 0 radical (unpaired) electrons. The second-order valence-electron chi connectivity index (χ2n) is 11.7. The summed E-state index contributed by atoms with van der Waals surface area (Å²) in [5.74, 6) is -2.02. The van der Waals surface area contributed by atoms with Crippen LogP contribution in [0.5, 0.6) is 0 Å². The second kappa shape index (κ2) is 17.3. The minimum atomic E-state index is -4.48. The average Bonchev–Trinajstić information content (AvgIpc) is 3.11. The number of hydrogen-bond donors (Lipinski definition) is 3. The molecule has 0 bridgehead atoms. The number of benzene rings is 4. The zero-order valence-corrected chi connectivity index (χ0v) is 27.9. The van der Waals surface area contributed by atoms with Gasteiger partial charge in [-0.2, -0.15) is 13.2 Å². The molecule has 0 aliphatic carbocycles. The number of ether oxygens (including phenoxy) is 1. The zero-order chi connectivity index (χ0) is 36.1. The van der Waals surface area contributed by atoms with Crippen molar-refractivity contribution < 1.29 is 37.1 Å². The van der Waals surface area contributed by atoms with E-state index < -0.39 is 40.8 Å². The highest BCUT2D eigenvalue weighted by atomic mass is 19.4. The van der Waals surface area contributed by atoms with Gasteiger partial charge in [-0.3, -0.25) is 19.2 Å². The van der Waals surface area contributed by atoms with E-state index in [-0.39, 0.29) is 25.0 Å². The van der Waals surface area contributed by atoms with E-state index in [1.165, 1.54) is 12.1 Å². The SMILES string of the molecule is CCCNC(=O)C(CCOC(=O)Cc1cccc(NC(=O)c2ccccc2-c2ccc(C(F)(F)F)cc2)c1)(C(=O)NCCC)c1ccccc1. The van der Waals surface area contributed by atoms with Crippen molar-refractivity contribution in [1.82, 2.24) is 10.6 Å². The van der Waals surface area contributed by atoms with Crippen LogP contribution < -0.4 is 16.0 Å². The summed E-state index contributed by atoms with van der Waals surface area (Å²) in [6, 6.07) is 26.5. The van der Waals surface area contributed by atoms with Gasteiger partial charge in [-0.25, -0.2) is 0 Å². The fraction of sp³-hybridized carbons (Fsp3) is 0.282. The van der Waals surface area contributed by atoms with Gasteiger partial charge in [0.2, 0.25) is 11.8 Å². The number of anilines is 1. The Morgan fingerprint density at radius 3 is 1.94 bits per heavy atom. The summed E-state index contributed by atoms with van der Waals surface area (Å²) in [5.41, 5.74) is 0.173. The number of amides is 3. The Hall–Kier alpha value is -5.45. The molecule has 0 fully saturated rings. The van der Waals surface area contributed by atoms with E-state index in [4.69, 9.17) is 4.74 Å². The van der Waals surface area contributed by atoms with Crippen LogP contribution >= 0.6 is 0 Å². The monoisotopic (exact) mass is 687 g/mol. The van der Waals surface area contributed by atoms with Gasteiger partial charge in [0.1, 0.15) is 0 Å². The third-order valence-corrected chi connectivity index (χ3v) is 8.08. The smallest absolute Gasteiger partial charge is 0.416 e. The summed E-state index contributed by atoms with van der Waals surface area (Å²) in [6.45, 7) is 4.37. The number of hydrogen-bond acceptors (Lipinski definition) is 5. The van der Waals surface area contributed by atoms with Crippen LogP contribution in [0.1, 0.15) is 60.2 Å². The van der Waals surface area contributed by atoms with E-state index in [0.29, 0.717) is 53.9 Å². The topological polar surface area (TPSA) is 114 Å². The highest BCUT2D eigenvalue weighted by Gasteiger charge is 2.47. The highest BCUT2D eigenvalue weighted by Crippen LogP contribution is 2.33. The lowest BCUT2D eigenvalue weighted by atomic mass is 9.75. The lowest BCUT2D eigenvalue weighted by Crippen LogP contribution is -2.55. The second-order valence-corrected chi connectivity index (χ2v) is 11.7. The molecule has 0 saturated carbocycles. The van der Waals surface area contributed by atoms with Gasteiger partial charge in [0.05, 0.1) is 18.6 Å². The van der Waals surface area contributed by atoms with Gasteiger partial charge >= 0.3 is 12.1 Å². The Kier molecular flexibility index (Phi) is 12.9. The van der Waals surface area contributed by atoms with Crippen molar-refractivity contribution in [3.8, 4) is 11.1 Å². The van der Waals surface area contributed by atoms with Gasteiger partial charge in [-0.1, -0.05) is 86.6 Å². The van der Waals surface area contributed by atoms with Crippen molar-refractivity contribution in [1.29, 1.82) is 0 Å². The number of halogens is 3. The van der Waals surface area contributed by atoms with E-state index in [2.05, 4.69) is 16.0 Å². The molecule has 0 aliphatic heterocycles. The maximum Gasteiger partial charge on any atom is 0.416 e. The first-order chi connectivity index (χ1) is 24.0. The molecule has 0 unspecified atom stereocenters. The first-order valence-electron chi connectivity index (χ1n) is 16.4. The lowest BCUT2D eigenvalue weighted by molar-refractivity contribution is -0.147. The van der Waals surface area contributed by atoms with E-state index in [0.717, 1.165) is 12.1 Å². The largest absolute Gasteiger partial charge is 0.465 e. The first kappa shape index (κ1) is 37.4. The van der Waals surface area contributed by atoms with Crippen molar-refractivity contribution >= 4 is 29.4 Å². The molecular weight excluding hydrogens is 647 g/mol. The molecule has 3 amide bonds. The number of alkyl halides is 3. The number of rotatable bonds is 15. The average molecular weight is 688 g/mol. The molecule has 4 aromatic rings. The van der Waals surface area contributed by atoms with Crippen molar-refractivity contribution in [2.45, 2.75) is 51.1 Å². The summed E-state index contributed by atoms with van der Waals surface area (Å²) < 4.78 is 44.8. The Morgan fingerprint density at radius 1 is 0.700 bits per heavy atom. The molecule has 0 aliphatic rings. The lowest BCUT2D eigenvalue weighted by Gasteiger charge is -2.31. The molecule has 50 heavy (non-hydrogen) atoms. The number of esters is 1. The normalized spacial score (nSPS) is 11.4. The Labute approximate surface area is 289 Å². The van der Waals surface area contributed by atoms with Crippen LogP contribution in [-0.2, 0) is 37.1 Å². The fourth-order valence-electron chi connectivity index (χ4n) is 5.50. The minimum absolute atomic E-state index is 0.0811. The molecule has 4 rings (SSSR count). The molecule has 0 atom stereocenters. The van der Waals surface area contributed by atoms with Crippen LogP contribution in [0.2, 0.25) is 0 Å². The Morgan fingerprint density at radius 2 is 1.32 bits per heavy atom. The van der Waals surface area contributed by atoms with E-state index in [1.54, 1.807) is 78.9 Å². The molecule has 4 aromatic carbocycles. The molecule has 0 saturated heterocycles. The summed E-state index contributed by atoms with van der Waals surface area (Å²) in [5, 5.41) is 8.49. The standard InChI is InChI=1S/C39H40F3N3O5/c1-3-22-43-36(48)38(37(49)44-23-4-2,29-12-6-5-7-13-29)21-24-50-34(46)26-27-11-10-14-31(25-27)45-35(47)33-16-9-8-15-32(33)28-17-19-30(20-18-28)39(40,41)42/h5-20,25H,3-4,21-24,26H2,1-2H3,(H,43,48)(H,44,49)(H,45,47). The van der Waals surface area contributed by atoms with Crippen LogP contribution in [0.25, 0.3) is 11.1 Å². The molecule has 3 N–H and O–H groups in total. The maximum absolute atomic E-state index is 13.6. The van der Waals surface area contributed by atoms with Crippen molar-refractivity contribution in [2.24, 2.45) is 0 Å². The van der Waals surface area contributed by atoms with Gasteiger partial charge in [-0.05, 0) is 65.4 Å². The predicted octanol–water partition coefficient (Wildman–Crippen LogP) is 7.09. The van der Waals surface area contributed by atoms with Gasteiger partial charge in [-0.15, -0.1) is 0 Å². The van der Waals surface area contributed by atoms with Crippen LogP contribution in [-0.4, -0.2) is 43.4 Å². The third kappa shape index (κ3) is 9.37. The molecule has 8 nitrogen and oxygen atoms in total. The molecule has 0 aromatic heterocycles. The summed E-state index contributed by atoms with van der Waals surface area (Å²) in [6.07, 6.45) is -3.35.